The van der Waals surface area contributed by atoms with E-state index in [-0.39, 0.29) is 12.1 Å². The fourth-order valence-corrected chi connectivity index (χ4v) is 1.65. The largest absolute Gasteiger partial charge is 0.377 e. The van der Waals surface area contributed by atoms with E-state index < -0.39 is 0 Å². The Balaban J connectivity index is 2.13. The molecule has 90 valence electrons. The normalized spacial score (nSPS) is 14.7. The van der Waals surface area contributed by atoms with E-state index in [0.29, 0.717) is 0 Å². The highest BCUT2D eigenvalue weighted by Crippen LogP contribution is 2.05. The van der Waals surface area contributed by atoms with E-state index in [2.05, 4.69) is 38.1 Å². The van der Waals surface area contributed by atoms with Crippen molar-refractivity contribution >= 4 is 0 Å². The van der Waals surface area contributed by atoms with Crippen LogP contribution in [0.15, 0.2) is 30.3 Å². The molecule has 0 spiro atoms. The van der Waals surface area contributed by atoms with Crippen molar-refractivity contribution in [3.8, 4) is 0 Å². The first-order chi connectivity index (χ1) is 7.74. The van der Waals surface area contributed by atoms with Crippen LogP contribution in [0, 0.1) is 0 Å². The molecule has 1 aromatic rings. The Morgan fingerprint density at radius 3 is 2.56 bits per heavy atom. The molecule has 0 aromatic heterocycles. The third kappa shape index (κ3) is 4.77. The molecule has 0 fully saturated rings. The van der Waals surface area contributed by atoms with Crippen molar-refractivity contribution < 1.29 is 4.74 Å². The average Bonchev–Trinajstić information content (AvgIpc) is 2.34. The predicted molar refractivity (Wildman–Crippen MR) is 68.4 cm³/mol. The molecule has 0 radical (unpaired) electrons. The second-order valence-corrected chi connectivity index (χ2v) is 4.24. The lowest BCUT2D eigenvalue weighted by Crippen LogP contribution is -2.34. The molecule has 0 aliphatic heterocycles. The van der Waals surface area contributed by atoms with Crippen LogP contribution in [0.3, 0.4) is 0 Å². The second-order valence-electron chi connectivity index (χ2n) is 4.24. The van der Waals surface area contributed by atoms with Crippen molar-refractivity contribution in [3.63, 3.8) is 0 Å². The van der Waals surface area contributed by atoms with E-state index in [1.54, 1.807) is 0 Å². The molecule has 0 heterocycles. The molecule has 0 amide bonds. The summed E-state index contributed by atoms with van der Waals surface area (Å²) in [6.45, 7) is 4.94. The number of hydrogen-bond acceptors (Lipinski definition) is 2. The Morgan fingerprint density at radius 2 is 1.94 bits per heavy atom. The summed E-state index contributed by atoms with van der Waals surface area (Å²) in [6, 6.07) is 10.7. The van der Waals surface area contributed by atoms with E-state index in [0.717, 1.165) is 25.9 Å². The topological polar surface area (TPSA) is 35.2 Å². The van der Waals surface area contributed by atoms with Gasteiger partial charge >= 0.3 is 0 Å². The molecule has 0 saturated carbocycles. The molecule has 2 atom stereocenters. The summed E-state index contributed by atoms with van der Waals surface area (Å²) in [5.41, 5.74) is 7.26. The third-order valence-corrected chi connectivity index (χ3v) is 2.91. The minimum atomic E-state index is 0.164. The van der Waals surface area contributed by atoms with E-state index in [9.17, 15) is 0 Å². The minimum absolute atomic E-state index is 0.164. The zero-order valence-electron chi connectivity index (χ0n) is 10.4. The number of aryl methyl sites for hydroxylation is 1. The quantitative estimate of drug-likeness (QED) is 0.719. The first kappa shape index (κ1) is 13.2. The minimum Gasteiger partial charge on any atom is -0.377 e. The summed E-state index contributed by atoms with van der Waals surface area (Å²) in [7, 11) is 0. The average molecular weight is 221 g/mol. The van der Waals surface area contributed by atoms with Gasteiger partial charge in [0.15, 0.2) is 0 Å². The number of hydrogen-bond donors (Lipinski definition) is 1. The number of nitrogens with two attached hydrogens (primary N) is 1. The summed E-state index contributed by atoms with van der Waals surface area (Å²) in [4.78, 5) is 0. The van der Waals surface area contributed by atoms with Crippen LogP contribution in [-0.4, -0.2) is 18.8 Å². The van der Waals surface area contributed by atoms with Crippen molar-refractivity contribution in [3.05, 3.63) is 35.9 Å². The van der Waals surface area contributed by atoms with Gasteiger partial charge in [0.25, 0.3) is 0 Å². The second kappa shape index (κ2) is 7.42. The van der Waals surface area contributed by atoms with Gasteiger partial charge in [0.05, 0.1) is 6.10 Å². The van der Waals surface area contributed by atoms with Gasteiger partial charge in [-0.05, 0) is 31.7 Å². The Hall–Kier alpha value is -0.860. The van der Waals surface area contributed by atoms with Crippen LogP contribution < -0.4 is 5.73 Å². The van der Waals surface area contributed by atoms with E-state index in [4.69, 9.17) is 10.5 Å². The van der Waals surface area contributed by atoms with Crippen molar-refractivity contribution in [1.29, 1.82) is 0 Å². The SMILES string of the molecule is CCC(N)C(C)OCCCc1ccccc1. The molecule has 16 heavy (non-hydrogen) atoms. The highest BCUT2D eigenvalue weighted by atomic mass is 16.5. The fourth-order valence-electron chi connectivity index (χ4n) is 1.65. The van der Waals surface area contributed by atoms with Gasteiger partial charge in [0.1, 0.15) is 0 Å². The first-order valence-corrected chi connectivity index (χ1v) is 6.15. The molecule has 0 aliphatic carbocycles. The Kier molecular flexibility index (Phi) is 6.12. The van der Waals surface area contributed by atoms with Gasteiger partial charge in [0, 0.05) is 12.6 Å². The van der Waals surface area contributed by atoms with Crippen LogP contribution in [-0.2, 0) is 11.2 Å². The lowest BCUT2D eigenvalue weighted by molar-refractivity contribution is 0.0461. The Morgan fingerprint density at radius 1 is 1.25 bits per heavy atom. The van der Waals surface area contributed by atoms with Gasteiger partial charge in [-0.25, -0.2) is 0 Å². The highest BCUT2D eigenvalue weighted by molar-refractivity contribution is 5.14. The van der Waals surface area contributed by atoms with Gasteiger partial charge in [-0.1, -0.05) is 37.3 Å². The summed E-state index contributed by atoms with van der Waals surface area (Å²) >= 11 is 0. The smallest absolute Gasteiger partial charge is 0.0697 e. The number of benzene rings is 1. The molecule has 1 aromatic carbocycles. The van der Waals surface area contributed by atoms with E-state index in [1.807, 2.05) is 6.07 Å². The van der Waals surface area contributed by atoms with Crippen LogP contribution in [0.4, 0.5) is 0 Å². The van der Waals surface area contributed by atoms with E-state index >= 15 is 0 Å². The molecule has 2 N–H and O–H groups in total. The Bertz CT molecular complexity index is 273. The Labute approximate surface area is 98.8 Å². The van der Waals surface area contributed by atoms with Gasteiger partial charge in [-0.3, -0.25) is 0 Å². The molecular formula is C14H23NO. The molecule has 0 saturated heterocycles. The summed E-state index contributed by atoms with van der Waals surface area (Å²) < 4.78 is 5.69. The van der Waals surface area contributed by atoms with Crippen molar-refractivity contribution in [1.82, 2.24) is 0 Å². The van der Waals surface area contributed by atoms with Crippen molar-refractivity contribution in [2.75, 3.05) is 6.61 Å². The molecule has 2 nitrogen and oxygen atoms in total. The molecule has 2 heteroatoms. The van der Waals surface area contributed by atoms with Crippen LogP contribution in [0.1, 0.15) is 32.3 Å². The lowest BCUT2D eigenvalue weighted by Gasteiger charge is -2.18. The third-order valence-electron chi connectivity index (χ3n) is 2.91. The van der Waals surface area contributed by atoms with E-state index in [1.165, 1.54) is 5.56 Å². The zero-order chi connectivity index (χ0) is 11.8. The van der Waals surface area contributed by atoms with Crippen LogP contribution in [0.5, 0.6) is 0 Å². The fraction of sp³-hybridized carbons (Fsp3) is 0.571. The number of rotatable bonds is 7. The van der Waals surface area contributed by atoms with Crippen LogP contribution in [0.25, 0.3) is 0 Å². The highest BCUT2D eigenvalue weighted by Gasteiger charge is 2.09. The maximum atomic E-state index is 5.88. The van der Waals surface area contributed by atoms with Crippen molar-refractivity contribution in [2.24, 2.45) is 5.73 Å². The maximum Gasteiger partial charge on any atom is 0.0697 e. The predicted octanol–water partition coefficient (Wildman–Crippen LogP) is 2.76. The van der Waals surface area contributed by atoms with Gasteiger partial charge in [0.2, 0.25) is 0 Å². The summed E-state index contributed by atoms with van der Waals surface area (Å²) in [5, 5.41) is 0. The molecule has 1 rings (SSSR count). The number of ether oxygens (including phenoxy) is 1. The summed E-state index contributed by atoms with van der Waals surface area (Å²) in [5.74, 6) is 0. The van der Waals surface area contributed by atoms with Crippen LogP contribution >= 0.6 is 0 Å². The molecular weight excluding hydrogens is 198 g/mol. The monoisotopic (exact) mass is 221 g/mol. The van der Waals surface area contributed by atoms with Crippen LogP contribution in [0.2, 0.25) is 0 Å². The molecule has 0 bridgehead atoms. The standard InChI is InChI=1S/C14H23NO/c1-3-14(15)12(2)16-11-7-10-13-8-5-4-6-9-13/h4-6,8-9,12,14H,3,7,10-11,15H2,1-2H3. The van der Waals surface area contributed by atoms with Gasteiger partial charge in [-0.2, -0.15) is 0 Å². The molecule has 2 unspecified atom stereocenters. The van der Waals surface area contributed by atoms with Gasteiger partial charge < -0.3 is 10.5 Å². The first-order valence-electron chi connectivity index (χ1n) is 6.15. The lowest BCUT2D eigenvalue weighted by atomic mass is 10.1. The maximum absolute atomic E-state index is 5.88. The zero-order valence-corrected chi connectivity index (χ0v) is 10.4. The van der Waals surface area contributed by atoms with Crippen molar-refractivity contribution in [2.45, 2.75) is 45.3 Å². The van der Waals surface area contributed by atoms with Gasteiger partial charge in [-0.15, -0.1) is 0 Å². The molecule has 0 aliphatic rings. The summed E-state index contributed by atoms with van der Waals surface area (Å²) in [6.07, 6.45) is 3.28.